The summed E-state index contributed by atoms with van der Waals surface area (Å²) in [5.74, 6) is 0. The van der Waals surface area contributed by atoms with Crippen LogP contribution < -0.4 is 0 Å². The number of hydrogen-bond acceptors (Lipinski definition) is 0. The third-order valence-electron chi connectivity index (χ3n) is 0. The molecule has 0 bridgehead atoms. The third-order valence-corrected chi connectivity index (χ3v) is 0. The summed E-state index contributed by atoms with van der Waals surface area (Å²) < 4.78 is 0. The fourth-order valence-corrected chi connectivity index (χ4v) is 0. The van der Waals surface area contributed by atoms with Gasteiger partial charge in [0.05, 0.1) is 0 Å². The van der Waals surface area contributed by atoms with Gasteiger partial charge in [0.1, 0.15) is 0 Å². The average Bonchev–Trinajstić information content (AvgIpc) is 1.39. The summed E-state index contributed by atoms with van der Waals surface area (Å²) in [6.07, 6.45) is 3.50. The second kappa shape index (κ2) is 50.2. The molecule has 0 aliphatic heterocycles. The van der Waals surface area contributed by atoms with Gasteiger partial charge in [-0.3, -0.25) is 0 Å². The van der Waals surface area contributed by atoms with E-state index in [-0.39, 0.29) is 7.43 Å². The van der Waals surface area contributed by atoms with Gasteiger partial charge in [0, 0.05) is 0 Å². The molecule has 0 aromatic heterocycles. The van der Waals surface area contributed by atoms with Crippen molar-refractivity contribution in [2.45, 2.75) is 21.3 Å². The molecule has 0 amide bonds. The Balaban J connectivity index is -0.0000000400. The fourth-order valence-electron chi connectivity index (χ4n) is 0. The molecule has 44 valence electrons. The lowest BCUT2D eigenvalue weighted by molar-refractivity contribution is 1.80. The fraction of sp³-hybridized carbons (Fsp3) is 0.429. The molecule has 0 aliphatic carbocycles. The minimum atomic E-state index is 0. The van der Waals surface area contributed by atoms with Crippen LogP contribution in [-0.4, -0.2) is 0 Å². The van der Waals surface area contributed by atoms with Crippen molar-refractivity contribution >= 4 is 0 Å². The van der Waals surface area contributed by atoms with E-state index in [2.05, 4.69) is 13.2 Å². The van der Waals surface area contributed by atoms with Crippen LogP contribution >= 0.6 is 0 Å². The predicted octanol–water partition coefficient (Wildman–Crippen LogP) is 3.02. The van der Waals surface area contributed by atoms with E-state index in [1.165, 1.54) is 0 Å². The molecule has 0 radical (unpaired) electrons. The highest BCUT2D eigenvalue weighted by Crippen LogP contribution is 1.38. The zero-order valence-electron chi connectivity index (χ0n) is 4.57. The summed E-state index contributed by atoms with van der Waals surface area (Å²) in [7, 11) is 0. The van der Waals surface area contributed by atoms with Crippen molar-refractivity contribution in [3.8, 4) is 0 Å². The van der Waals surface area contributed by atoms with Crippen molar-refractivity contribution < 1.29 is 0 Å². The predicted molar refractivity (Wildman–Crippen MR) is 38.5 cm³/mol. The smallest absolute Gasteiger partial charge is 0.0473 e. The summed E-state index contributed by atoms with van der Waals surface area (Å²) in [6, 6.07) is 0. The second-order valence-corrected chi connectivity index (χ2v) is 0.816. The Morgan fingerprint density at radius 1 is 1.00 bits per heavy atom. The van der Waals surface area contributed by atoms with E-state index in [0.717, 1.165) is 0 Å². The molecule has 0 heteroatoms. The molecule has 7 heavy (non-hydrogen) atoms. The molecule has 0 N–H and O–H groups in total. The van der Waals surface area contributed by atoms with E-state index in [9.17, 15) is 0 Å². The van der Waals surface area contributed by atoms with Crippen LogP contribution in [0.2, 0.25) is 0 Å². The molecule has 0 saturated carbocycles. The molecule has 0 aromatic carbocycles. The van der Waals surface area contributed by atoms with Crippen LogP contribution in [0.1, 0.15) is 21.3 Å². The van der Waals surface area contributed by atoms with Gasteiger partial charge < -0.3 is 0 Å². The molecule has 0 aromatic rings. The zero-order valence-corrected chi connectivity index (χ0v) is 4.57. The van der Waals surface area contributed by atoms with Gasteiger partial charge in [0.2, 0.25) is 0 Å². The highest BCUT2D eigenvalue weighted by Gasteiger charge is 1.15. The first kappa shape index (κ1) is 16.1. The van der Waals surface area contributed by atoms with Gasteiger partial charge in [-0.05, 0) is 13.8 Å². The lowest BCUT2D eigenvalue weighted by Gasteiger charge is -1.31. The van der Waals surface area contributed by atoms with Crippen molar-refractivity contribution in [3.63, 3.8) is 0 Å². The molecule has 0 fully saturated rings. The normalized spacial score (nSPS) is 3.71. The SMILES string of the molecule is C.C=CC.C=CC. The second-order valence-electron chi connectivity index (χ2n) is 0.816. The maximum atomic E-state index is 3.36. The van der Waals surface area contributed by atoms with Crippen molar-refractivity contribution in [1.82, 2.24) is 0 Å². The van der Waals surface area contributed by atoms with Gasteiger partial charge >= 0.3 is 0 Å². The van der Waals surface area contributed by atoms with Gasteiger partial charge in [-0.15, -0.1) is 13.2 Å². The van der Waals surface area contributed by atoms with Gasteiger partial charge in [-0.25, -0.2) is 0 Å². The molecule has 0 heterocycles. The summed E-state index contributed by atoms with van der Waals surface area (Å²) in [5, 5.41) is 0. The Bertz CT molecular complexity index is 21.0. The first-order valence-corrected chi connectivity index (χ1v) is 1.97. The molecular weight excluding hydrogens is 84.1 g/mol. The van der Waals surface area contributed by atoms with E-state index in [4.69, 9.17) is 0 Å². The highest BCUT2D eigenvalue weighted by atomic mass is 13.2. The molecule has 0 rings (SSSR count). The first-order chi connectivity index (χ1) is 2.83. The van der Waals surface area contributed by atoms with Crippen molar-refractivity contribution in [1.29, 1.82) is 0 Å². The minimum Gasteiger partial charge on any atom is -0.103 e. The lowest BCUT2D eigenvalue weighted by atomic mass is 10.8. The minimum absolute atomic E-state index is 0. The van der Waals surface area contributed by atoms with Crippen LogP contribution in [0, 0.1) is 0 Å². The van der Waals surface area contributed by atoms with E-state index in [1.807, 2.05) is 13.8 Å². The Labute approximate surface area is 47.6 Å². The van der Waals surface area contributed by atoms with Crippen molar-refractivity contribution in [2.24, 2.45) is 0 Å². The lowest BCUT2D eigenvalue weighted by Crippen LogP contribution is -1.07. The Hall–Kier alpha value is -0.520. The first-order valence-electron chi connectivity index (χ1n) is 1.97. The molecule has 0 saturated heterocycles. The monoisotopic (exact) mass is 100 g/mol. The Morgan fingerprint density at radius 2 is 1.00 bits per heavy atom. The molecule has 0 unspecified atom stereocenters. The molecule has 0 spiro atoms. The quantitative estimate of drug-likeness (QED) is 0.410. The van der Waals surface area contributed by atoms with Crippen LogP contribution in [0.15, 0.2) is 25.3 Å². The van der Waals surface area contributed by atoms with Gasteiger partial charge in [0.15, 0.2) is 0 Å². The highest BCUT2D eigenvalue weighted by molar-refractivity contribution is 4.51. The molecule has 0 atom stereocenters. The van der Waals surface area contributed by atoms with E-state index in [0.29, 0.717) is 0 Å². The standard InChI is InChI=1S/2C3H6.CH4/c2*1-3-2;/h2*3H,1H2,2H3;1H4. The maximum Gasteiger partial charge on any atom is -0.0473 e. The van der Waals surface area contributed by atoms with Crippen LogP contribution in [0.25, 0.3) is 0 Å². The topological polar surface area (TPSA) is 0 Å². The molecule has 0 aliphatic rings. The zero-order chi connectivity index (χ0) is 5.41. The van der Waals surface area contributed by atoms with Crippen molar-refractivity contribution in [2.75, 3.05) is 0 Å². The van der Waals surface area contributed by atoms with E-state index >= 15 is 0 Å². The third kappa shape index (κ3) is 245. The summed E-state index contributed by atoms with van der Waals surface area (Å²) >= 11 is 0. The Kier molecular flexibility index (Phi) is 115. The van der Waals surface area contributed by atoms with Gasteiger partial charge in [0.25, 0.3) is 0 Å². The summed E-state index contributed by atoms with van der Waals surface area (Å²) in [5.41, 5.74) is 0. The summed E-state index contributed by atoms with van der Waals surface area (Å²) in [6.45, 7) is 10.5. The van der Waals surface area contributed by atoms with Crippen LogP contribution in [0.3, 0.4) is 0 Å². The Morgan fingerprint density at radius 3 is 1.00 bits per heavy atom. The number of rotatable bonds is 0. The average molecular weight is 100 g/mol. The number of allylic oxidation sites excluding steroid dienone is 2. The summed E-state index contributed by atoms with van der Waals surface area (Å²) in [4.78, 5) is 0. The van der Waals surface area contributed by atoms with E-state index < -0.39 is 0 Å². The maximum absolute atomic E-state index is 3.36. The van der Waals surface area contributed by atoms with E-state index in [1.54, 1.807) is 12.2 Å². The van der Waals surface area contributed by atoms with Crippen LogP contribution in [0.5, 0.6) is 0 Å². The molecular formula is C7H16. The van der Waals surface area contributed by atoms with Gasteiger partial charge in [-0.2, -0.15) is 0 Å². The largest absolute Gasteiger partial charge is 0.103 e. The van der Waals surface area contributed by atoms with Crippen LogP contribution in [-0.2, 0) is 0 Å². The van der Waals surface area contributed by atoms with Gasteiger partial charge in [-0.1, -0.05) is 19.6 Å². The van der Waals surface area contributed by atoms with Crippen LogP contribution in [0.4, 0.5) is 0 Å². The van der Waals surface area contributed by atoms with Crippen molar-refractivity contribution in [3.05, 3.63) is 25.3 Å². The molecule has 0 nitrogen and oxygen atoms in total. The number of hydrogen-bond donors (Lipinski definition) is 0.